The number of carbonyl (C=O) groups is 1. The number of rotatable bonds is 3. The zero-order chi connectivity index (χ0) is 15.8. The molecule has 4 heterocycles. The molecule has 23 heavy (non-hydrogen) atoms. The van der Waals surface area contributed by atoms with Gasteiger partial charge >= 0.3 is 0 Å². The lowest BCUT2D eigenvalue weighted by molar-refractivity contribution is 0.0622. The molecule has 3 nitrogen and oxygen atoms in total. The molecule has 5 rings (SSSR count). The summed E-state index contributed by atoms with van der Waals surface area (Å²) < 4.78 is 0. The van der Waals surface area contributed by atoms with Gasteiger partial charge in [-0.05, 0) is 55.6 Å². The third-order valence-electron chi connectivity index (χ3n) is 5.06. The van der Waals surface area contributed by atoms with Crippen LogP contribution in [0.1, 0.15) is 33.8 Å². The first-order chi connectivity index (χ1) is 11.2. The molecule has 1 N–H and O–H groups in total. The van der Waals surface area contributed by atoms with E-state index in [1.165, 1.54) is 31.5 Å². The van der Waals surface area contributed by atoms with Crippen LogP contribution in [0, 0.1) is 5.92 Å². The van der Waals surface area contributed by atoms with Gasteiger partial charge in [0.1, 0.15) is 0 Å². The first kappa shape index (κ1) is 15.2. The zero-order valence-corrected chi connectivity index (χ0v) is 14.6. The van der Waals surface area contributed by atoms with Gasteiger partial charge in [0.05, 0.1) is 4.88 Å². The van der Waals surface area contributed by atoms with Crippen LogP contribution in [0.15, 0.2) is 30.4 Å². The highest BCUT2D eigenvalue weighted by Crippen LogP contribution is 2.30. The Morgan fingerprint density at radius 3 is 2.74 bits per heavy atom. The summed E-state index contributed by atoms with van der Waals surface area (Å²) in [5, 5.41) is 3.26. The smallest absolute Gasteiger partial charge is 0.261 e. The molecule has 1 aromatic heterocycles. The van der Waals surface area contributed by atoms with Gasteiger partial charge in [-0.15, -0.1) is 11.3 Å². The van der Waals surface area contributed by atoms with E-state index in [1.807, 2.05) is 24.3 Å². The summed E-state index contributed by atoms with van der Waals surface area (Å²) in [6.45, 7) is 3.41. The molecule has 5 heteroatoms. The monoisotopic (exact) mass is 344 g/mol. The lowest BCUT2D eigenvalue weighted by atomic mass is 9.84. The Kier molecular flexibility index (Phi) is 4.18. The molecule has 0 unspecified atom stereocenters. The summed E-state index contributed by atoms with van der Waals surface area (Å²) >= 11 is 6.75. The summed E-state index contributed by atoms with van der Waals surface area (Å²) in [5.41, 5.74) is 1.17. The van der Waals surface area contributed by atoms with Gasteiger partial charge in [-0.25, -0.2) is 0 Å². The molecule has 0 aromatic carbocycles. The molecule has 3 saturated heterocycles. The number of piperidine rings is 3. The van der Waals surface area contributed by atoms with E-state index in [0.29, 0.717) is 12.0 Å². The molecular weight excluding hydrogens is 324 g/mol. The largest absolute Gasteiger partial charge is 0.347 e. The maximum atomic E-state index is 12.6. The van der Waals surface area contributed by atoms with E-state index in [2.05, 4.69) is 16.3 Å². The average Bonchev–Trinajstić information content (AvgIpc) is 3.07. The molecule has 4 aliphatic rings. The number of carbonyl (C=O) groups excluding carboxylic acids is 1. The Bertz CT molecular complexity index is 696. The average molecular weight is 345 g/mol. The molecule has 0 radical (unpaired) electrons. The molecular formula is C18H20N2OS2. The number of nitrogens with zero attached hydrogens (tertiary/aromatic N) is 1. The summed E-state index contributed by atoms with van der Waals surface area (Å²) in [6, 6.07) is 4.31. The zero-order valence-electron chi connectivity index (χ0n) is 13.0. The Morgan fingerprint density at radius 1 is 1.26 bits per heavy atom. The van der Waals surface area contributed by atoms with E-state index in [4.69, 9.17) is 12.2 Å². The highest BCUT2D eigenvalue weighted by molar-refractivity contribution is 7.80. The van der Waals surface area contributed by atoms with Crippen molar-refractivity contribution in [2.75, 3.05) is 19.6 Å². The van der Waals surface area contributed by atoms with Crippen LogP contribution in [0.5, 0.6) is 0 Å². The van der Waals surface area contributed by atoms with Crippen LogP contribution in [0.4, 0.5) is 0 Å². The molecule has 1 aromatic rings. The molecule has 0 saturated carbocycles. The number of thiocarbonyl (C=S) groups is 1. The van der Waals surface area contributed by atoms with Crippen LogP contribution in [-0.4, -0.2) is 41.3 Å². The third-order valence-corrected chi connectivity index (χ3v) is 6.49. The van der Waals surface area contributed by atoms with Crippen molar-refractivity contribution < 1.29 is 4.79 Å². The maximum Gasteiger partial charge on any atom is 0.261 e. The highest BCUT2D eigenvalue weighted by Gasteiger charge is 2.35. The Balaban J connectivity index is 1.43. The molecule has 120 valence electrons. The van der Waals surface area contributed by atoms with Gasteiger partial charge in [-0.2, -0.15) is 0 Å². The summed E-state index contributed by atoms with van der Waals surface area (Å²) in [4.78, 5) is 17.9. The van der Waals surface area contributed by atoms with Gasteiger partial charge in [0.15, 0.2) is 0 Å². The summed E-state index contributed by atoms with van der Waals surface area (Å²) in [7, 11) is 0. The van der Waals surface area contributed by atoms with Crippen LogP contribution in [0.25, 0.3) is 5.57 Å². The standard InChI is InChI=1S/C18H20N2OS2/c21-18(19-15-11-20-9-7-12(15)8-10-20)17-6-5-16(23-17)13-1-3-14(22)4-2-13/h1-3,5-6,12,15H,4,7-11H2,(H,19,21)/t15-/m0/s1. The number of thiophene rings is 1. The number of allylic oxidation sites excluding steroid dienone is 4. The normalized spacial score (nSPS) is 29.5. The second kappa shape index (κ2) is 6.30. The van der Waals surface area contributed by atoms with E-state index in [9.17, 15) is 4.79 Å². The minimum absolute atomic E-state index is 0.0795. The van der Waals surface area contributed by atoms with E-state index in [1.54, 1.807) is 11.3 Å². The number of hydrogen-bond acceptors (Lipinski definition) is 4. The number of fused-ring (bicyclic) bond motifs is 3. The number of amides is 1. The fraction of sp³-hybridized carbons (Fsp3) is 0.444. The van der Waals surface area contributed by atoms with Crippen molar-refractivity contribution in [3.63, 3.8) is 0 Å². The topological polar surface area (TPSA) is 32.3 Å². The second-order valence-corrected chi connectivity index (χ2v) is 8.15. The van der Waals surface area contributed by atoms with Crippen molar-refractivity contribution in [3.8, 4) is 0 Å². The lowest BCUT2D eigenvalue weighted by Gasteiger charge is -2.44. The number of nitrogens with one attached hydrogen (secondary N) is 1. The molecule has 1 atom stereocenters. The number of hydrogen-bond donors (Lipinski definition) is 1. The Hall–Kier alpha value is -1.30. The highest BCUT2D eigenvalue weighted by atomic mass is 32.1. The predicted molar refractivity (Wildman–Crippen MR) is 99.1 cm³/mol. The van der Waals surface area contributed by atoms with E-state index >= 15 is 0 Å². The van der Waals surface area contributed by atoms with Crippen LogP contribution >= 0.6 is 23.6 Å². The van der Waals surface area contributed by atoms with Crippen molar-refractivity contribution in [2.45, 2.75) is 25.3 Å². The van der Waals surface area contributed by atoms with Crippen LogP contribution in [0.2, 0.25) is 0 Å². The van der Waals surface area contributed by atoms with Gasteiger partial charge in [0, 0.05) is 28.7 Å². The maximum absolute atomic E-state index is 12.6. The van der Waals surface area contributed by atoms with Crippen molar-refractivity contribution in [2.24, 2.45) is 5.92 Å². The van der Waals surface area contributed by atoms with Gasteiger partial charge < -0.3 is 10.2 Å². The summed E-state index contributed by atoms with van der Waals surface area (Å²) in [5.74, 6) is 0.740. The van der Waals surface area contributed by atoms with Gasteiger partial charge in [0.2, 0.25) is 0 Å². The Labute approximate surface area is 146 Å². The third kappa shape index (κ3) is 3.18. The second-order valence-electron chi connectivity index (χ2n) is 6.55. The van der Waals surface area contributed by atoms with Crippen molar-refractivity contribution >= 4 is 39.9 Å². The van der Waals surface area contributed by atoms with E-state index < -0.39 is 0 Å². The SMILES string of the molecule is O=C(N[C@H]1CN2CCC1CC2)c1ccc(C2=CCC(=S)C=C2)s1. The fourth-order valence-electron chi connectivity index (χ4n) is 3.70. The molecule has 1 amide bonds. The lowest BCUT2D eigenvalue weighted by Crippen LogP contribution is -2.57. The quantitative estimate of drug-likeness (QED) is 0.854. The van der Waals surface area contributed by atoms with Gasteiger partial charge in [-0.1, -0.05) is 24.4 Å². The van der Waals surface area contributed by atoms with Gasteiger partial charge in [-0.3, -0.25) is 4.79 Å². The molecule has 3 fully saturated rings. The molecule has 3 aliphatic heterocycles. The van der Waals surface area contributed by atoms with Crippen molar-refractivity contribution in [3.05, 3.63) is 40.1 Å². The van der Waals surface area contributed by atoms with Crippen LogP contribution in [-0.2, 0) is 0 Å². The summed E-state index contributed by atoms with van der Waals surface area (Å²) in [6.07, 6.45) is 9.43. The first-order valence-electron chi connectivity index (χ1n) is 8.23. The van der Waals surface area contributed by atoms with Crippen molar-refractivity contribution in [1.82, 2.24) is 10.2 Å². The fourth-order valence-corrected chi connectivity index (χ4v) is 4.78. The van der Waals surface area contributed by atoms with Crippen LogP contribution < -0.4 is 5.32 Å². The Morgan fingerprint density at radius 2 is 2.09 bits per heavy atom. The van der Waals surface area contributed by atoms with E-state index in [-0.39, 0.29) is 5.91 Å². The first-order valence-corrected chi connectivity index (χ1v) is 9.46. The minimum Gasteiger partial charge on any atom is -0.347 e. The minimum atomic E-state index is 0.0795. The molecule has 0 spiro atoms. The van der Waals surface area contributed by atoms with Crippen LogP contribution in [0.3, 0.4) is 0 Å². The predicted octanol–water partition coefficient (Wildman–Crippen LogP) is 3.29. The molecule has 2 bridgehead atoms. The van der Waals surface area contributed by atoms with E-state index in [0.717, 1.165) is 27.6 Å². The molecule has 1 aliphatic carbocycles. The van der Waals surface area contributed by atoms with Gasteiger partial charge in [0.25, 0.3) is 5.91 Å². The van der Waals surface area contributed by atoms with Crippen molar-refractivity contribution in [1.29, 1.82) is 0 Å².